The fraction of sp³-hybridized carbons (Fsp3) is 0.333. The third kappa shape index (κ3) is 4.70. The molecule has 7 nitrogen and oxygen atoms in total. The first-order chi connectivity index (χ1) is 7.99. The van der Waals surface area contributed by atoms with E-state index in [1.165, 1.54) is 12.3 Å². The van der Waals surface area contributed by atoms with E-state index in [2.05, 4.69) is 10.5 Å². The number of nitro groups is 1. The van der Waals surface area contributed by atoms with Gasteiger partial charge in [0.05, 0.1) is 22.6 Å². The summed E-state index contributed by atoms with van der Waals surface area (Å²) in [5.41, 5.74) is 2.33. The van der Waals surface area contributed by atoms with E-state index >= 15 is 0 Å². The number of rotatable bonds is 5. The summed E-state index contributed by atoms with van der Waals surface area (Å²) >= 11 is 0.996. The van der Waals surface area contributed by atoms with Crippen molar-refractivity contribution in [2.45, 2.75) is 0 Å². The van der Waals surface area contributed by atoms with E-state index in [4.69, 9.17) is 0 Å². The van der Waals surface area contributed by atoms with Gasteiger partial charge < -0.3 is 4.90 Å². The second-order valence-corrected chi connectivity index (χ2v) is 4.56. The monoisotopic (exact) mass is 256 g/mol. The zero-order chi connectivity index (χ0) is 12.8. The van der Waals surface area contributed by atoms with Crippen LogP contribution < -0.4 is 5.43 Å². The molecule has 0 saturated carbocycles. The Morgan fingerprint density at radius 2 is 2.35 bits per heavy atom. The second kappa shape index (κ2) is 6.06. The Hall–Kier alpha value is -1.80. The summed E-state index contributed by atoms with van der Waals surface area (Å²) in [6.07, 6.45) is 1.38. The van der Waals surface area contributed by atoms with Gasteiger partial charge in [-0.3, -0.25) is 14.9 Å². The fourth-order valence-electron chi connectivity index (χ4n) is 1.00. The van der Waals surface area contributed by atoms with Gasteiger partial charge in [-0.25, -0.2) is 5.43 Å². The lowest BCUT2D eigenvalue weighted by atomic mass is 10.5. The van der Waals surface area contributed by atoms with Gasteiger partial charge in [-0.1, -0.05) is 11.3 Å². The molecule has 0 aliphatic carbocycles. The number of nitrogens with one attached hydrogen (secondary N) is 1. The maximum absolute atomic E-state index is 11.2. The quantitative estimate of drug-likeness (QED) is 0.476. The summed E-state index contributed by atoms with van der Waals surface area (Å²) in [5.74, 6) is -0.239. The third-order valence-corrected chi connectivity index (χ3v) is 2.60. The Balaban J connectivity index is 2.48. The van der Waals surface area contributed by atoms with Gasteiger partial charge >= 0.3 is 5.00 Å². The van der Waals surface area contributed by atoms with E-state index in [1.807, 2.05) is 0 Å². The molecule has 17 heavy (non-hydrogen) atoms. The summed E-state index contributed by atoms with van der Waals surface area (Å²) in [7, 11) is 3.54. The molecule has 0 atom stereocenters. The standard InChI is InChI=1S/C9H12N4O3S/c1-12(2)6-8(14)11-10-5-7-3-4-9(17-7)13(15)16/h3-5H,6H2,1-2H3,(H,11,14). The van der Waals surface area contributed by atoms with Gasteiger partial charge in [0.25, 0.3) is 5.91 Å². The minimum Gasteiger partial charge on any atom is -0.301 e. The molecular formula is C9H12N4O3S. The number of hydrogen-bond acceptors (Lipinski definition) is 6. The number of nitrogens with zero attached hydrogens (tertiary/aromatic N) is 3. The average Bonchev–Trinajstić information content (AvgIpc) is 2.65. The molecule has 0 aromatic carbocycles. The molecule has 0 unspecified atom stereocenters. The smallest absolute Gasteiger partial charge is 0.301 e. The molecule has 1 N–H and O–H groups in total. The lowest BCUT2D eigenvalue weighted by Gasteiger charge is -2.06. The molecule has 1 rings (SSSR count). The van der Waals surface area contributed by atoms with Gasteiger partial charge in [0.15, 0.2) is 0 Å². The van der Waals surface area contributed by atoms with E-state index in [0.717, 1.165) is 11.3 Å². The normalized spacial score (nSPS) is 11.0. The largest absolute Gasteiger partial charge is 0.324 e. The van der Waals surface area contributed by atoms with Gasteiger partial charge in [-0.15, -0.1) is 0 Å². The van der Waals surface area contributed by atoms with Crippen molar-refractivity contribution in [3.8, 4) is 0 Å². The number of thiophene rings is 1. The zero-order valence-electron chi connectivity index (χ0n) is 9.41. The number of amides is 1. The van der Waals surface area contributed by atoms with E-state index in [-0.39, 0.29) is 17.5 Å². The van der Waals surface area contributed by atoms with Crippen LogP contribution in [0.15, 0.2) is 17.2 Å². The van der Waals surface area contributed by atoms with Crippen molar-refractivity contribution in [1.82, 2.24) is 10.3 Å². The van der Waals surface area contributed by atoms with Crippen molar-refractivity contribution < 1.29 is 9.72 Å². The molecule has 1 heterocycles. The third-order valence-electron chi connectivity index (χ3n) is 1.63. The summed E-state index contributed by atoms with van der Waals surface area (Å²) in [4.78, 5) is 23.5. The van der Waals surface area contributed by atoms with Crippen molar-refractivity contribution >= 4 is 28.5 Å². The molecule has 0 aliphatic heterocycles. The maximum atomic E-state index is 11.2. The molecule has 1 amide bonds. The Labute approximate surface area is 102 Å². The van der Waals surface area contributed by atoms with Crippen molar-refractivity contribution in [2.24, 2.45) is 5.10 Å². The minimum atomic E-state index is -0.466. The Bertz CT molecular complexity index is 441. The number of hydrogen-bond donors (Lipinski definition) is 1. The Kier molecular flexibility index (Phi) is 4.73. The fourth-order valence-corrected chi connectivity index (χ4v) is 1.69. The highest BCUT2D eigenvalue weighted by atomic mass is 32.1. The highest BCUT2D eigenvalue weighted by Gasteiger charge is 2.08. The topological polar surface area (TPSA) is 87.8 Å². The number of likely N-dealkylation sites (N-methyl/N-ethyl adjacent to an activating group) is 1. The predicted molar refractivity (Wildman–Crippen MR) is 65.3 cm³/mol. The average molecular weight is 256 g/mol. The first kappa shape index (κ1) is 13.3. The molecule has 8 heteroatoms. The molecular weight excluding hydrogens is 244 g/mol. The van der Waals surface area contributed by atoms with E-state index in [0.29, 0.717) is 4.88 Å². The number of hydrazone groups is 1. The molecule has 0 aliphatic rings. The highest BCUT2D eigenvalue weighted by Crippen LogP contribution is 2.22. The van der Waals surface area contributed by atoms with Gasteiger partial charge in [0, 0.05) is 6.07 Å². The van der Waals surface area contributed by atoms with Crippen LogP contribution in [0.4, 0.5) is 5.00 Å². The summed E-state index contributed by atoms with van der Waals surface area (Å²) in [6, 6.07) is 2.97. The maximum Gasteiger partial charge on any atom is 0.324 e. The Morgan fingerprint density at radius 1 is 1.65 bits per heavy atom. The van der Waals surface area contributed by atoms with Crippen molar-refractivity contribution in [3.05, 3.63) is 27.1 Å². The molecule has 0 spiro atoms. The summed E-state index contributed by atoms with van der Waals surface area (Å²) in [6.45, 7) is 0.238. The van der Waals surface area contributed by atoms with Crippen LogP contribution in [0.25, 0.3) is 0 Å². The van der Waals surface area contributed by atoms with Crippen LogP contribution >= 0.6 is 11.3 Å². The SMILES string of the molecule is CN(C)CC(=O)NN=Cc1ccc([N+](=O)[O-])s1. The van der Waals surface area contributed by atoms with Crippen LogP contribution in [-0.4, -0.2) is 42.6 Å². The van der Waals surface area contributed by atoms with Crippen LogP contribution in [-0.2, 0) is 4.79 Å². The number of carbonyl (C=O) groups is 1. The van der Waals surface area contributed by atoms with Gasteiger partial charge in [-0.05, 0) is 20.2 Å². The van der Waals surface area contributed by atoms with Crippen LogP contribution in [0.1, 0.15) is 4.88 Å². The van der Waals surface area contributed by atoms with Crippen molar-refractivity contribution in [3.63, 3.8) is 0 Å². The number of carbonyl (C=O) groups excluding carboxylic acids is 1. The first-order valence-electron chi connectivity index (χ1n) is 4.70. The lowest BCUT2D eigenvalue weighted by Crippen LogP contribution is -2.30. The van der Waals surface area contributed by atoms with E-state index in [1.54, 1.807) is 25.1 Å². The molecule has 0 fully saturated rings. The molecule has 1 aromatic heterocycles. The zero-order valence-corrected chi connectivity index (χ0v) is 10.2. The summed E-state index contributed by atoms with van der Waals surface area (Å²) in [5, 5.41) is 14.2. The Morgan fingerprint density at radius 3 is 2.88 bits per heavy atom. The molecule has 92 valence electrons. The van der Waals surface area contributed by atoms with E-state index < -0.39 is 4.92 Å². The van der Waals surface area contributed by atoms with Gasteiger partial charge in [-0.2, -0.15) is 5.10 Å². The van der Waals surface area contributed by atoms with Crippen LogP contribution in [0.3, 0.4) is 0 Å². The van der Waals surface area contributed by atoms with Crippen molar-refractivity contribution in [2.75, 3.05) is 20.6 Å². The minimum absolute atomic E-state index is 0.0473. The second-order valence-electron chi connectivity index (χ2n) is 3.46. The van der Waals surface area contributed by atoms with Crippen LogP contribution in [0.2, 0.25) is 0 Å². The lowest BCUT2D eigenvalue weighted by molar-refractivity contribution is -0.380. The summed E-state index contributed by atoms with van der Waals surface area (Å²) < 4.78 is 0. The van der Waals surface area contributed by atoms with Gasteiger partial charge in [0.1, 0.15) is 0 Å². The van der Waals surface area contributed by atoms with E-state index in [9.17, 15) is 14.9 Å². The van der Waals surface area contributed by atoms with Crippen LogP contribution in [0.5, 0.6) is 0 Å². The first-order valence-corrected chi connectivity index (χ1v) is 5.51. The van der Waals surface area contributed by atoms with Crippen molar-refractivity contribution in [1.29, 1.82) is 0 Å². The predicted octanol–water partition coefficient (Wildman–Crippen LogP) is 0.668. The molecule has 1 aromatic rings. The molecule has 0 saturated heterocycles. The molecule has 0 bridgehead atoms. The molecule has 0 radical (unpaired) electrons. The van der Waals surface area contributed by atoms with Crippen LogP contribution in [0, 0.1) is 10.1 Å². The highest BCUT2D eigenvalue weighted by molar-refractivity contribution is 7.16. The van der Waals surface area contributed by atoms with Gasteiger partial charge in [0.2, 0.25) is 0 Å².